The molecule has 170 valence electrons. The molecule has 3 nitrogen and oxygen atoms in total. The van der Waals surface area contributed by atoms with Crippen LogP contribution in [0.5, 0.6) is 0 Å². The second kappa shape index (κ2) is 6.70. The second-order valence-electron chi connectivity index (χ2n) is 13.1. The molecule has 6 aliphatic rings. The Bertz CT molecular complexity index is 684. The molecule has 0 aromatic carbocycles. The third-order valence-electron chi connectivity index (χ3n) is 11.9. The van der Waals surface area contributed by atoms with E-state index in [0.717, 1.165) is 49.5 Å². The largest absolute Gasteiger partial charge is 0.393 e. The lowest BCUT2D eigenvalue weighted by Gasteiger charge is -2.61. The maximum atomic E-state index is 10.3. The summed E-state index contributed by atoms with van der Waals surface area (Å²) in [6.07, 6.45) is 12.9. The van der Waals surface area contributed by atoms with Crippen LogP contribution in [0.4, 0.5) is 0 Å². The summed E-state index contributed by atoms with van der Waals surface area (Å²) in [5.74, 6) is 4.93. The maximum Gasteiger partial charge on any atom is 0.171 e. The first-order valence-electron chi connectivity index (χ1n) is 13.3. The van der Waals surface area contributed by atoms with Crippen molar-refractivity contribution in [1.29, 1.82) is 0 Å². The van der Waals surface area contributed by atoms with Crippen LogP contribution < -0.4 is 0 Å². The smallest absolute Gasteiger partial charge is 0.171 e. The molecule has 0 aromatic rings. The van der Waals surface area contributed by atoms with E-state index in [4.69, 9.17) is 9.47 Å². The van der Waals surface area contributed by atoms with Crippen LogP contribution >= 0.6 is 0 Å². The Morgan fingerprint density at radius 2 is 1.63 bits per heavy atom. The molecular formula is C27H44O3. The fraction of sp³-hybridized carbons (Fsp3) is 1.00. The quantitative estimate of drug-likeness (QED) is 0.543. The minimum atomic E-state index is -0.282. The highest BCUT2D eigenvalue weighted by atomic mass is 16.7. The molecule has 1 N–H and O–H groups in total. The number of aliphatic hydroxyl groups excluding tert-OH is 1. The first-order chi connectivity index (χ1) is 14.3. The van der Waals surface area contributed by atoms with E-state index in [2.05, 4.69) is 27.7 Å². The summed E-state index contributed by atoms with van der Waals surface area (Å²) in [6.45, 7) is 10.9. The van der Waals surface area contributed by atoms with Crippen molar-refractivity contribution >= 4 is 0 Å². The van der Waals surface area contributed by atoms with Crippen LogP contribution in [-0.4, -0.2) is 29.7 Å². The molecule has 7 unspecified atom stereocenters. The molecule has 2 saturated heterocycles. The van der Waals surface area contributed by atoms with Crippen molar-refractivity contribution in [2.75, 3.05) is 6.61 Å². The van der Waals surface area contributed by atoms with E-state index in [1.54, 1.807) is 0 Å². The van der Waals surface area contributed by atoms with Gasteiger partial charge in [0.2, 0.25) is 0 Å². The number of ether oxygens (including phenoxy) is 2. The Labute approximate surface area is 183 Å². The van der Waals surface area contributed by atoms with E-state index in [1.165, 1.54) is 44.9 Å². The molecule has 2 heterocycles. The van der Waals surface area contributed by atoms with E-state index >= 15 is 0 Å². The van der Waals surface area contributed by atoms with Gasteiger partial charge in [0.15, 0.2) is 5.79 Å². The zero-order valence-corrected chi connectivity index (χ0v) is 19.7. The topological polar surface area (TPSA) is 38.7 Å². The van der Waals surface area contributed by atoms with Gasteiger partial charge in [0.1, 0.15) is 0 Å². The van der Waals surface area contributed by atoms with E-state index in [-0.39, 0.29) is 11.9 Å². The average molecular weight is 417 g/mol. The Hall–Kier alpha value is -0.120. The maximum absolute atomic E-state index is 10.3. The molecular weight excluding hydrogens is 372 g/mol. The number of hydrogen-bond acceptors (Lipinski definition) is 3. The lowest BCUT2D eigenvalue weighted by Crippen LogP contribution is -2.55. The Kier molecular flexibility index (Phi) is 4.58. The van der Waals surface area contributed by atoms with Gasteiger partial charge in [0.25, 0.3) is 0 Å². The Balaban J connectivity index is 1.26. The lowest BCUT2D eigenvalue weighted by molar-refractivity contribution is -0.273. The van der Waals surface area contributed by atoms with Crippen molar-refractivity contribution in [3.8, 4) is 0 Å². The van der Waals surface area contributed by atoms with E-state index < -0.39 is 0 Å². The van der Waals surface area contributed by atoms with Crippen LogP contribution in [0.15, 0.2) is 0 Å². The van der Waals surface area contributed by atoms with E-state index in [1.807, 2.05) is 0 Å². The molecule has 6 rings (SSSR count). The van der Waals surface area contributed by atoms with Crippen LogP contribution in [0, 0.1) is 52.3 Å². The van der Waals surface area contributed by atoms with Crippen LogP contribution in [0.25, 0.3) is 0 Å². The molecule has 6 fully saturated rings. The van der Waals surface area contributed by atoms with Crippen molar-refractivity contribution in [3.63, 3.8) is 0 Å². The van der Waals surface area contributed by atoms with Crippen molar-refractivity contribution in [3.05, 3.63) is 0 Å². The average Bonchev–Trinajstić information content (AvgIpc) is 3.16. The zero-order chi connectivity index (χ0) is 20.9. The molecule has 1 spiro atoms. The van der Waals surface area contributed by atoms with Gasteiger partial charge in [-0.25, -0.2) is 0 Å². The van der Waals surface area contributed by atoms with Gasteiger partial charge in [-0.3, -0.25) is 0 Å². The van der Waals surface area contributed by atoms with Gasteiger partial charge < -0.3 is 14.6 Å². The molecule has 4 saturated carbocycles. The van der Waals surface area contributed by atoms with Gasteiger partial charge in [0.05, 0.1) is 18.8 Å². The third kappa shape index (κ3) is 2.61. The van der Waals surface area contributed by atoms with E-state index in [9.17, 15) is 5.11 Å². The van der Waals surface area contributed by atoms with Gasteiger partial charge >= 0.3 is 0 Å². The van der Waals surface area contributed by atoms with E-state index in [0.29, 0.717) is 34.7 Å². The van der Waals surface area contributed by atoms with Gasteiger partial charge in [-0.15, -0.1) is 0 Å². The number of rotatable bonds is 0. The highest BCUT2D eigenvalue weighted by Crippen LogP contribution is 2.71. The van der Waals surface area contributed by atoms with Crippen molar-refractivity contribution < 1.29 is 14.6 Å². The Morgan fingerprint density at radius 1 is 0.833 bits per heavy atom. The van der Waals surface area contributed by atoms with Crippen LogP contribution in [0.2, 0.25) is 0 Å². The normalized spacial score (nSPS) is 62.5. The summed E-state index contributed by atoms with van der Waals surface area (Å²) < 4.78 is 13.4. The molecule has 4 aliphatic carbocycles. The van der Waals surface area contributed by atoms with Crippen molar-refractivity contribution in [2.45, 2.75) is 110 Å². The molecule has 2 aliphatic heterocycles. The Morgan fingerprint density at radius 3 is 2.40 bits per heavy atom. The van der Waals surface area contributed by atoms with Gasteiger partial charge in [-0.1, -0.05) is 27.7 Å². The first-order valence-corrected chi connectivity index (χ1v) is 13.3. The highest BCUT2D eigenvalue weighted by molar-refractivity contribution is 5.15. The van der Waals surface area contributed by atoms with Crippen molar-refractivity contribution in [1.82, 2.24) is 0 Å². The summed E-state index contributed by atoms with van der Waals surface area (Å²) in [7, 11) is 0. The summed E-state index contributed by atoms with van der Waals surface area (Å²) in [5.41, 5.74) is 0.899. The highest BCUT2D eigenvalue weighted by Gasteiger charge is 2.69. The fourth-order valence-corrected chi connectivity index (χ4v) is 10.3. The molecule has 0 aromatic heterocycles. The monoisotopic (exact) mass is 416 g/mol. The first kappa shape index (κ1) is 20.5. The fourth-order valence-electron chi connectivity index (χ4n) is 10.3. The summed E-state index contributed by atoms with van der Waals surface area (Å²) in [6, 6.07) is 0. The molecule has 30 heavy (non-hydrogen) atoms. The van der Waals surface area contributed by atoms with Gasteiger partial charge in [-0.2, -0.15) is 0 Å². The number of aliphatic hydroxyl groups is 1. The zero-order valence-electron chi connectivity index (χ0n) is 19.7. The summed E-state index contributed by atoms with van der Waals surface area (Å²) in [5, 5.41) is 10.3. The molecule has 0 radical (unpaired) electrons. The van der Waals surface area contributed by atoms with Crippen LogP contribution in [0.1, 0.15) is 91.9 Å². The molecule has 3 heteroatoms. The third-order valence-corrected chi connectivity index (χ3v) is 11.9. The van der Waals surface area contributed by atoms with Gasteiger partial charge in [0, 0.05) is 12.3 Å². The standard InChI is InChI=1S/C27H44O3/c1-16-7-12-27(29-15-16)17(2)24-23(30-27)14-22-20-6-5-18-13-19(28)8-10-25(18,3)21(20)9-11-26(22,24)4/h16-24,28H,5-15H2,1-4H3/t16-,17?,18?,19-,20?,21?,22?,23?,24?,25+,26+,27-/m1/s1. The number of hydrogen-bond donors (Lipinski definition) is 1. The second-order valence-corrected chi connectivity index (χ2v) is 13.1. The SMILES string of the molecule is CC1C2C(CC3C4CCC5C[C@H](O)CC[C@]5(C)C4CC[C@@]32C)O[C@]12CC[C@@H](C)CO2. The molecule has 0 bridgehead atoms. The number of fused-ring (bicyclic) bond motifs is 7. The molecule has 0 amide bonds. The predicted octanol–water partition coefficient (Wildman–Crippen LogP) is 5.79. The predicted molar refractivity (Wildman–Crippen MR) is 118 cm³/mol. The van der Waals surface area contributed by atoms with Crippen LogP contribution in [0.3, 0.4) is 0 Å². The lowest BCUT2D eigenvalue weighted by atomic mass is 9.44. The minimum absolute atomic E-state index is 0.0389. The van der Waals surface area contributed by atoms with Crippen LogP contribution in [-0.2, 0) is 9.47 Å². The summed E-state index contributed by atoms with van der Waals surface area (Å²) in [4.78, 5) is 0. The van der Waals surface area contributed by atoms with Crippen molar-refractivity contribution in [2.24, 2.45) is 52.3 Å². The summed E-state index contributed by atoms with van der Waals surface area (Å²) >= 11 is 0. The van der Waals surface area contributed by atoms with Gasteiger partial charge in [-0.05, 0) is 104 Å². The minimum Gasteiger partial charge on any atom is -0.393 e. The molecule has 12 atom stereocenters.